The van der Waals surface area contributed by atoms with Crippen LogP contribution in [0.4, 0.5) is 0 Å². The van der Waals surface area contributed by atoms with Gasteiger partial charge in [0.2, 0.25) is 0 Å². The molecule has 96 valence electrons. The number of carbonyl (C=O) groups is 1. The molecule has 0 aromatic heterocycles. The first kappa shape index (κ1) is 12.7. The van der Waals surface area contributed by atoms with Gasteiger partial charge in [0.05, 0.1) is 6.04 Å². The molecule has 0 radical (unpaired) electrons. The number of nitrogens with zero attached hydrogens (tertiary/aromatic N) is 1. The van der Waals surface area contributed by atoms with E-state index in [1.54, 1.807) is 0 Å². The predicted octanol–water partition coefficient (Wildman–Crippen LogP) is 2.66. The zero-order valence-corrected chi connectivity index (χ0v) is 10.6. The normalized spacial score (nSPS) is 22.7. The van der Waals surface area contributed by atoms with Crippen molar-refractivity contribution >= 4 is 5.91 Å². The van der Waals surface area contributed by atoms with Gasteiger partial charge in [-0.2, -0.15) is 4.91 Å². The number of hydrogen-bond donors (Lipinski definition) is 1. The second-order valence-electron chi connectivity index (χ2n) is 4.89. The highest BCUT2D eigenvalue weighted by atomic mass is 16.3. The predicted molar refractivity (Wildman–Crippen MR) is 70.4 cm³/mol. The molecule has 2 atom stereocenters. The van der Waals surface area contributed by atoms with Crippen LogP contribution in [0.5, 0.6) is 0 Å². The summed E-state index contributed by atoms with van der Waals surface area (Å²) in [5.41, 5.74) is 1.66. The lowest BCUT2D eigenvalue weighted by atomic mass is 10.0. The summed E-state index contributed by atoms with van der Waals surface area (Å²) < 4.78 is 0. The maximum absolute atomic E-state index is 12.0. The van der Waals surface area contributed by atoms with Crippen molar-refractivity contribution < 1.29 is 4.79 Å². The maximum Gasteiger partial charge on any atom is 0.251 e. The van der Waals surface area contributed by atoms with Gasteiger partial charge in [-0.15, -0.1) is 0 Å². The van der Waals surface area contributed by atoms with E-state index in [4.69, 9.17) is 0 Å². The molecule has 18 heavy (non-hydrogen) atoms. The minimum Gasteiger partial charge on any atom is -0.352 e. The molecular formula is C14H18N2O2. The zero-order valence-electron chi connectivity index (χ0n) is 10.6. The number of rotatable bonds is 4. The lowest BCUT2D eigenvalue weighted by Crippen LogP contribution is -2.32. The first-order chi connectivity index (χ1) is 8.72. The quantitative estimate of drug-likeness (QED) is 0.830. The van der Waals surface area contributed by atoms with Crippen LogP contribution in [0, 0.1) is 17.7 Å². The first-order valence-electron chi connectivity index (χ1n) is 6.38. The van der Waals surface area contributed by atoms with Crippen LogP contribution in [0.3, 0.4) is 0 Å². The Bertz CT molecular complexity index is 445. The standard InChI is InChI=1S/C14H18N2O2/c1-10-5-2-3-7-12(10)14(17)15-9-11-6-4-8-13(11)16-18/h2-3,5,7,11,13H,4,6,8-9H2,1H3,(H,15,17)/t11-,13-/m0/s1. The van der Waals surface area contributed by atoms with Gasteiger partial charge in [0, 0.05) is 18.0 Å². The van der Waals surface area contributed by atoms with Gasteiger partial charge in [-0.05, 0) is 31.4 Å². The van der Waals surface area contributed by atoms with Crippen LogP contribution in [0.25, 0.3) is 0 Å². The fourth-order valence-corrected chi connectivity index (χ4v) is 2.54. The molecule has 1 aliphatic carbocycles. The third-order valence-corrected chi connectivity index (χ3v) is 3.67. The second kappa shape index (κ2) is 5.76. The molecule has 4 nitrogen and oxygen atoms in total. The van der Waals surface area contributed by atoms with E-state index in [0.717, 1.165) is 24.8 Å². The van der Waals surface area contributed by atoms with Gasteiger partial charge in [-0.25, -0.2) is 0 Å². The zero-order chi connectivity index (χ0) is 13.0. The van der Waals surface area contributed by atoms with E-state index in [2.05, 4.69) is 10.5 Å². The van der Waals surface area contributed by atoms with Crippen molar-refractivity contribution in [2.45, 2.75) is 32.2 Å². The number of hydrogen-bond acceptors (Lipinski definition) is 3. The Morgan fingerprint density at radius 1 is 1.39 bits per heavy atom. The van der Waals surface area contributed by atoms with E-state index in [9.17, 15) is 9.70 Å². The molecule has 0 heterocycles. The van der Waals surface area contributed by atoms with E-state index < -0.39 is 0 Å². The van der Waals surface area contributed by atoms with E-state index in [1.807, 2.05) is 31.2 Å². The molecule has 1 saturated carbocycles. The van der Waals surface area contributed by atoms with E-state index in [1.165, 1.54) is 0 Å². The summed E-state index contributed by atoms with van der Waals surface area (Å²) in [6.07, 6.45) is 2.86. The first-order valence-corrected chi connectivity index (χ1v) is 6.38. The summed E-state index contributed by atoms with van der Waals surface area (Å²) in [4.78, 5) is 22.6. The van der Waals surface area contributed by atoms with Crippen LogP contribution in [-0.4, -0.2) is 18.5 Å². The van der Waals surface area contributed by atoms with Crippen LogP contribution in [-0.2, 0) is 0 Å². The highest BCUT2D eigenvalue weighted by Crippen LogP contribution is 2.27. The molecule has 1 aliphatic rings. The Labute approximate surface area is 107 Å². The van der Waals surface area contributed by atoms with Crippen LogP contribution in [0.1, 0.15) is 35.2 Å². The van der Waals surface area contributed by atoms with Gasteiger partial charge in [-0.1, -0.05) is 29.8 Å². The van der Waals surface area contributed by atoms with Gasteiger partial charge in [0.15, 0.2) is 0 Å². The van der Waals surface area contributed by atoms with Crippen molar-refractivity contribution in [3.05, 3.63) is 40.3 Å². The number of aryl methyl sites for hydroxylation is 1. The minimum absolute atomic E-state index is 0.0651. The fraction of sp³-hybridized carbons (Fsp3) is 0.500. The summed E-state index contributed by atoms with van der Waals surface area (Å²) in [5, 5.41) is 6.04. The number of nitrogens with one attached hydrogen (secondary N) is 1. The number of carbonyl (C=O) groups excluding carboxylic acids is 1. The number of nitroso groups, excluding NO2 is 1. The van der Waals surface area contributed by atoms with Crippen LogP contribution < -0.4 is 5.32 Å². The third-order valence-electron chi connectivity index (χ3n) is 3.67. The molecule has 1 aromatic rings. The second-order valence-corrected chi connectivity index (χ2v) is 4.89. The summed E-state index contributed by atoms with van der Waals surface area (Å²) >= 11 is 0. The van der Waals surface area contributed by atoms with Crippen molar-refractivity contribution in [1.29, 1.82) is 0 Å². The largest absolute Gasteiger partial charge is 0.352 e. The fourth-order valence-electron chi connectivity index (χ4n) is 2.54. The van der Waals surface area contributed by atoms with Crippen molar-refractivity contribution in [1.82, 2.24) is 5.32 Å². The van der Waals surface area contributed by atoms with Crippen molar-refractivity contribution in [2.24, 2.45) is 11.1 Å². The molecule has 1 fully saturated rings. The van der Waals surface area contributed by atoms with E-state index in [-0.39, 0.29) is 17.9 Å². The Morgan fingerprint density at radius 3 is 2.89 bits per heavy atom. The Balaban J connectivity index is 1.93. The summed E-state index contributed by atoms with van der Waals surface area (Å²) in [6, 6.07) is 7.37. The molecule has 0 saturated heterocycles. The SMILES string of the molecule is Cc1ccccc1C(=O)NC[C@@H]1CCC[C@@H]1N=O. The van der Waals surface area contributed by atoms with Crippen LogP contribution in [0.2, 0.25) is 0 Å². The van der Waals surface area contributed by atoms with Crippen LogP contribution in [0.15, 0.2) is 29.4 Å². The summed E-state index contributed by atoms with van der Waals surface area (Å²) in [7, 11) is 0. The van der Waals surface area contributed by atoms with Gasteiger partial charge in [-0.3, -0.25) is 4.79 Å². The third kappa shape index (κ3) is 2.75. The topological polar surface area (TPSA) is 58.5 Å². The summed E-state index contributed by atoms with van der Waals surface area (Å²) in [6.45, 7) is 2.46. The van der Waals surface area contributed by atoms with Crippen LogP contribution >= 0.6 is 0 Å². The Morgan fingerprint density at radius 2 is 2.17 bits per heavy atom. The monoisotopic (exact) mass is 246 g/mol. The molecule has 0 unspecified atom stereocenters. The summed E-state index contributed by atoms with van der Waals surface area (Å²) in [5.74, 6) is 0.139. The lowest BCUT2D eigenvalue weighted by Gasteiger charge is -2.14. The molecule has 4 heteroatoms. The average Bonchev–Trinajstić information content (AvgIpc) is 2.84. The van der Waals surface area contributed by atoms with Crippen molar-refractivity contribution in [3.8, 4) is 0 Å². The smallest absolute Gasteiger partial charge is 0.251 e. The molecule has 0 spiro atoms. The highest BCUT2D eigenvalue weighted by Gasteiger charge is 2.28. The Hall–Kier alpha value is -1.71. The van der Waals surface area contributed by atoms with Gasteiger partial charge in [0.1, 0.15) is 0 Å². The molecule has 1 aromatic carbocycles. The molecule has 1 amide bonds. The van der Waals surface area contributed by atoms with E-state index in [0.29, 0.717) is 12.1 Å². The Kier molecular flexibility index (Phi) is 4.07. The molecular weight excluding hydrogens is 228 g/mol. The lowest BCUT2D eigenvalue weighted by molar-refractivity contribution is 0.0946. The van der Waals surface area contributed by atoms with Crippen molar-refractivity contribution in [3.63, 3.8) is 0 Å². The molecule has 0 bridgehead atoms. The number of amides is 1. The van der Waals surface area contributed by atoms with Gasteiger partial charge >= 0.3 is 0 Å². The van der Waals surface area contributed by atoms with E-state index >= 15 is 0 Å². The molecule has 1 N–H and O–H groups in total. The van der Waals surface area contributed by atoms with Gasteiger partial charge in [0.25, 0.3) is 5.91 Å². The maximum atomic E-state index is 12.0. The highest BCUT2D eigenvalue weighted by molar-refractivity contribution is 5.95. The van der Waals surface area contributed by atoms with Crippen molar-refractivity contribution in [2.75, 3.05) is 6.54 Å². The van der Waals surface area contributed by atoms with Gasteiger partial charge < -0.3 is 5.32 Å². The molecule has 0 aliphatic heterocycles. The number of benzene rings is 1. The molecule has 2 rings (SSSR count). The average molecular weight is 246 g/mol. The minimum atomic E-state index is -0.123.